The Morgan fingerprint density at radius 2 is 2.00 bits per heavy atom. The fourth-order valence-corrected chi connectivity index (χ4v) is 1.92. The number of phenolic OH excluding ortho intramolecular Hbond substituents is 2. The van der Waals surface area contributed by atoms with Crippen LogP contribution >= 0.6 is 12.2 Å². The summed E-state index contributed by atoms with van der Waals surface area (Å²) in [5, 5.41) is 18.8. The Morgan fingerprint density at radius 1 is 1.17 bits per heavy atom. The Bertz CT molecular complexity index is 793. The maximum Gasteiger partial charge on any atom is 0.159 e. The van der Waals surface area contributed by atoms with E-state index in [2.05, 4.69) is 15.0 Å². The number of hydrogen-bond donors (Lipinski definition) is 3. The zero-order chi connectivity index (χ0) is 12.7. The van der Waals surface area contributed by atoms with Crippen molar-refractivity contribution >= 4 is 23.4 Å². The van der Waals surface area contributed by atoms with E-state index in [9.17, 15) is 10.2 Å². The summed E-state index contributed by atoms with van der Waals surface area (Å²) < 4.78 is 2.12. The van der Waals surface area contributed by atoms with Gasteiger partial charge in [0, 0.05) is 6.07 Å². The maximum absolute atomic E-state index is 9.50. The average Bonchev–Trinajstić information content (AvgIpc) is 2.78. The summed E-state index contributed by atoms with van der Waals surface area (Å²) >= 11 is 5.07. The average molecular weight is 260 g/mol. The Balaban J connectivity index is 2.29. The van der Waals surface area contributed by atoms with E-state index in [-0.39, 0.29) is 11.5 Å². The van der Waals surface area contributed by atoms with Crippen molar-refractivity contribution in [2.45, 2.75) is 0 Å². The topological polar surface area (TPSA) is 87.0 Å². The van der Waals surface area contributed by atoms with E-state index in [1.54, 1.807) is 17.0 Å². The van der Waals surface area contributed by atoms with E-state index in [1.165, 1.54) is 18.5 Å². The first-order valence-electron chi connectivity index (χ1n) is 5.10. The number of aromatic hydroxyl groups is 2. The number of fused-ring (bicyclic) bond motifs is 1. The lowest BCUT2D eigenvalue weighted by atomic mass is 10.3. The van der Waals surface area contributed by atoms with Gasteiger partial charge in [-0.15, -0.1) is 0 Å². The first-order valence-corrected chi connectivity index (χ1v) is 5.51. The van der Waals surface area contributed by atoms with E-state index in [1.807, 2.05) is 0 Å². The highest BCUT2D eigenvalue weighted by atomic mass is 32.1. The number of rotatable bonds is 1. The van der Waals surface area contributed by atoms with Gasteiger partial charge in [0.25, 0.3) is 0 Å². The third-order valence-corrected chi connectivity index (χ3v) is 2.89. The molecule has 7 heteroatoms. The van der Waals surface area contributed by atoms with Gasteiger partial charge in [0.15, 0.2) is 16.1 Å². The van der Waals surface area contributed by atoms with Crippen LogP contribution in [0.2, 0.25) is 0 Å². The monoisotopic (exact) mass is 260 g/mol. The second-order valence-electron chi connectivity index (χ2n) is 3.69. The van der Waals surface area contributed by atoms with E-state index in [4.69, 9.17) is 12.2 Å². The molecule has 0 radical (unpaired) electrons. The fraction of sp³-hybridized carbons (Fsp3) is 0. The molecule has 0 aliphatic carbocycles. The van der Waals surface area contributed by atoms with Crippen LogP contribution in [0.25, 0.3) is 16.9 Å². The minimum absolute atomic E-state index is 0.169. The number of imidazole rings is 1. The Kier molecular flexibility index (Phi) is 2.27. The largest absolute Gasteiger partial charge is 0.504 e. The van der Waals surface area contributed by atoms with Gasteiger partial charge in [-0.1, -0.05) is 12.2 Å². The summed E-state index contributed by atoms with van der Waals surface area (Å²) in [6, 6.07) is 4.51. The number of aromatic amines is 1. The van der Waals surface area contributed by atoms with Crippen molar-refractivity contribution in [3.05, 3.63) is 35.5 Å². The highest BCUT2D eigenvalue weighted by Crippen LogP contribution is 2.27. The van der Waals surface area contributed by atoms with Crippen molar-refractivity contribution in [2.24, 2.45) is 0 Å². The summed E-state index contributed by atoms with van der Waals surface area (Å²) in [5.41, 5.74) is 1.92. The van der Waals surface area contributed by atoms with Crippen LogP contribution in [0.1, 0.15) is 0 Å². The third-order valence-electron chi connectivity index (χ3n) is 2.59. The molecule has 18 heavy (non-hydrogen) atoms. The van der Waals surface area contributed by atoms with Gasteiger partial charge in [-0.3, -0.25) is 4.57 Å². The van der Waals surface area contributed by atoms with Crippen LogP contribution in [0.5, 0.6) is 11.5 Å². The lowest BCUT2D eigenvalue weighted by molar-refractivity contribution is 0.403. The zero-order valence-electron chi connectivity index (χ0n) is 9.03. The fourth-order valence-electron chi connectivity index (χ4n) is 1.71. The number of aromatic nitrogens is 4. The number of nitrogens with one attached hydrogen (secondary N) is 1. The summed E-state index contributed by atoms with van der Waals surface area (Å²) in [7, 11) is 0. The molecule has 3 rings (SSSR count). The molecule has 6 nitrogen and oxygen atoms in total. The second-order valence-corrected chi connectivity index (χ2v) is 4.08. The van der Waals surface area contributed by atoms with Gasteiger partial charge in [0.1, 0.15) is 17.5 Å². The highest BCUT2D eigenvalue weighted by Gasteiger charge is 2.08. The van der Waals surface area contributed by atoms with Gasteiger partial charge in [0.2, 0.25) is 0 Å². The standard InChI is InChI=1S/C11H8N4O2S/c16-7-2-1-6(3-8(7)17)15-5-14-9-10(15)12-4-13-11(9)18/h1-5,16-17H,(H,12,13,18). The molecule has 2 heterocycles. The summed E-state index contributed by atoms with van der Waals surface area (Å²) in [4.78, 5) is 11.1. The van der Waals surface area contributed by atoms with Crippen LogP contribution in [0.3, 0.4) is 0 Å². The Hall–Kier alpha value is -2.41. The molecule has 3 aromatic rings. The third kappa shape index (κ3) is 1.52. The van der Waals surface area contributed by atoms with Crippen molar-refractivity contribution in [1.29, 1.82) is 0 Å². The molecule has 0 saturated heterocycles. The van der Waals surface area contributed by atoms with Gasteiger partial charge in [-0.2, -0.15) is 0 Å². The lowest BCUT2D eigenvalue weighted by Crippen LogP contribution is -1.94. The van der Waals surface area contributed by atoms with Crippen LogP contribution in [0, 0.1) is 4.64 Å². The molecule has 0 spiro atoms. The Morgan fingerprint density at radius 3 is 2.78 bits per heavy atom. The number of hydrogen-bond acceptors (Lipinski definition) is 5. The smallest absolute Gasteiger partial charge is 0.159 e. The van der Waals surface area contributed by atoms with Crippen molar-refractivity contribution < 1.29 is 10.2 Å². The summed E-state index contributed by atoms with van der Waals surface area (Å²) in [5.74, 6) is -0.361. The minimum atomic E-state index is -0.193. The van der Waals surface area contributed by atoms with Crippen molar-refractivity contribution in [2.75, 3.05) is 0 Å². The quantitative estimate of drug-likeness (QED) is 0.459. The van der Waals surface area contributed by atoms with Gasteiger partial charge < -0.3 is 15.2 Å². The summed E-state index contributed by atoms with van der Waals surface area (Å²) in [6.07, 6.45) is 3.06. The summed E-state index contributed by atoms with van der Waals surface area (Å²) in [6.45, 7) is 0. The van der Waals surface area contributed by atoms with Crippen LogP contribution in [0.4, 0.5) is 0 Å². The number of benzene rings is 1. The van der Waals surface area contributed by atoms with E-state index in [0.29, 0.717) is 21.5 Å². The molecule has 0 saturated carbocycles. The lowest BCUT2D eigenvalue weighted by Gasteiger charge is -2.05. The predicted molar refractivity (Wildman–Crippen MR) is 67.4 cm³/mol. The second kappa shape index (κ2) is 3.81. The van der Waals surface area contributed by atoms with Gasteiger partial charge in [-0.25, -0.2) is 9.97 Å². The molecule has 0 aliphatic heterocycles. The molecule has 0 atom stereocenters. The maximum atomic E-state index is 9.50. The van der Waals surface area contributed by atoms with Gasteiger partial charge in [0.05, 0.1) is 12.0 Å². The van der Waals surface area contributed by atoms with Crippen LogP contribution in [-0.4, -0.2) is 29.7 Å². The normalized spacial score (nSPS) is 10.9. The molecular weight excluding hydrogens is 252 g/mol. The number of nitrogens with zero attached hydrogens (tertiary/aromatic N) is 3. The van der Waals surface area contributed by atoms with Crippen LogP contribution in [-0.2, 0) is 0 Å². The van der Waals surface area contributed by atoms with Gasteiger partial charge >= 0.3 is 0 Å². The van der Waals surface area contributed by atoms with Crippen molar-refractivity contribution in [3.8, 4) is 17.2 Å². The molecule has 0 aliphatic rings. The first kappa shape index (κ1) is 10.7. The zero-order valence-corrected chi connectivity index (χ0v) is 9.85. The van der Waals surface area contributed by atoms with Crippen LogP contribution in [0.15, 0.2) is 30.9 Å². The SMILES string of the molecule is Oc1ccc(-n2cnc3c(=S)nc[nH]c32)cc1O. The van der Waals surface area contributed by atoms with Crippen LogP contribution < -0.4 is 0 Å². The number of H-pyrrole nitrogens is 1. The van der Waals surface area contributed by atoms with Crippen molar-refractivity contribution in [3.63, 3.8) is 0 Å². The molecule has 2 aromatic heterocycles. The molecular formula is C11H8N4O2S. The molecule has 0 unspecified atom stereocenters. The molecule has 0 fully saturated rings. The molecule has 1 aromatic carbocycles. The van der Waals surface area contributed by atoms with Crippen molar-refractivity contribution in [1.82, 2.24) is 19.5 Å². The van der Waals surface area contributed by atoms with E-state index >= 15 is 0 Å². The van der Waals surface area contributed by atoms with Gasteiger partial charge in [-0.05, 0) is 12.1 Å². The first-order chi connectivity index (χ1) is 8.66. The van der Waals surface area contributed by atoms with E-state index in [0.717, 1.165) is 0 Å². The predicted octanol–water partition coefficient (Wildman–Crippen LogP) is 1.89. The minimum Gasteiger partial charge on any atom is -0.504 e. The highest BCUT2D eigenvalue weighted by molar-refractivity contribution is 7.71. The molecule has 0 amide bonds. The number of phenols is 2. The molecule has 0 bridgehead atoms. The Labute approximate surface area is 106 Å². The molecule has 90 valence electrons. The van der Waals surface area contributed by atoms with E-state index < -0.39 is 0 Å². The molecule has 3 N–H and O–H groups in total.